The number of aromatic carboxylic acids is 1. The third kappa shape index (κ3) is 6.88. The number of nitrogen functional groups attached to an aromatic ring is 1. The summed E-state index contributed by atoms with van der Waals surface area (Å²) in [7, 11) is 0. The van der Waals surface area contributed by atoms with Gasteiger partial charge in [0.1, 0.15) is 17.0 Å². The molecule has 0 bridgehead atoms. The number of anilines is 1. The van der Waals surface area contributed by atoms with Crippen molar-refractivity contribution in [2.45, 2.75) is 44.3 Å². The van der Waals surface area contributed by atoms with Crippen molar-refractivity contribution in [3.05, 3.63) is 47.7 Å². The highest BCUT2D eigenvalue weighted by molar-refractivity contribution is 8.00. The molecule has 39 heavy (non-hydrogen) atoms. The summed E-state index contributed by atoms with van der Waals surface area (Å²) in [4.78, 5) is 59.3. The van der Waals surface area contributed by atoms with Crippen molar-refractivity contribution >= 4 is 57.9 Å². The molecule has 3 N–H and O–H groups in total. The number of ether oxygens (including phenoxy) is 1. The first-order valence-electron chi connectivity index (χ1n) is 11.6. The van der Waals surface area contributed by atoms with E-state index in [0.717, 1.165) is 17.1 Å². The van der Waals surface area contributed by atoms with Gasteiger partial charge in [0, 0.05) is 46.8 Å². The lowest BCUT2D eigenvalue weighted by atomic mass is 10.1. The van der Waals surface area contributed by atoms with Crippen LogP contribution < -0.4 is 20.7 Å². The zero-order chi connectivity index (χ0) is 28.3. The zero-order valence-corrected chi connectivity index (χ0v) is 22.8. The predicted octanol–water partition coefficient (Wildman–Crippen LogP) is -1.18. The lowest BCUT2D eigenvalue weighted by Crippen LogP contribution is -2.69. The van der Waals surface area contributed by atoms with Crippen LogP contribution in [-0.4, -0.2) is 73.1 Å². The smallest absolute Gasteiger partial charge is 0.347 e. The summed E-state index contributed by atoms with van der Waals surface area (Å²) in [6.07, 6.45) is 4.97. The highest BCUT2D eigenvalue weighted by Crippen LogP contribution is 2.36. The van der Waals surface area contributed by atoms with E-state index in [1.807, 2.05) is 0 Å². The van der Waals surface area contributed by atoms with Gasteiger partial charge in [-0.25, -0.2) is 9.36 Å². The lowest BCUT2D eigenvalue weighted by molar-refractivity contribution is -0.689. The number of nitrogens with two attached hydrogens (primary N) is 1. The Bertz CT molecular complexity index is 1350. The number of rotatable bonds is 9. The first-order valence-corrected chi connectivity index (χ1v) is 13.4. The fraction of sp³-hybridized carbons (Fsp3) is 0.391. The number of esters is 1. The zero-order valence-electron chi connectivity index (χ0n) is 21.2. The monoisotopic (exact) mass is 575 g/mol. The number of oxime groups is 1. The second kappa shape index (κ2) is 11.4. The van der Waals surface area contributed by atoms with E-state index in [1.54, 1.807) is 43.9 Å². The molecule has 0 spiro atoms. The molecule has 16 heteroatoms. The minimum atomic E-state index is -1.26. The molecule has 2 aliphatic heterocycles. The maximum Gasteiger partial charge on any atom is 0.347 e. The average Bonchev–Trinajstić information content (AvgIpc) is 3.30. The molecule has 4 heterocycles. The summed E-state index contributed by atoms with van der Waals surface area (Å²) in [6, 6.07) is 2.05. The van der Waals surface area contributed by atoms with E-state index in [1.165, 1.54) is 28.8 Å². The van der Waals surface area contributed by atoms with Gasteiger partial charge in [-0.05, 0) is 20.8 Å². The number of pyridine rings is 1. The van der Waals surface area contributed by atoms with Gasteiger partial charge in [-0.3, -0.25) is 9.59 Å². The molecule has 0 saturated carbocycles. The molecule has 1 fully saturated rings. The summed E-state index contributed by atoms with van der Waals surface area (Å²) in [6.45, 7) is 5.00. The number of thioether (sulfide) groups is 1. The van der Waals surface area contributed by atoms with Crippen molar-refractivity contribution in [3.63, 3.8) is 0 Å². The number of carboxylic acid groups (broad SMARTS) is 1. The highest BCUT2D eigenvalue weighted by Gasteiger charge is 2.50. The minimum Gasteiger partial charge on any atom is -0.545 e. The van der Waals surface area contributed by atoms with Gasteiger partial charge in [-0.1, -0.05) is 5.16 Å². The summed E-state index contributed by atoms with van der Waals surface area (Å²) < 4.78 is 10.9. The largest absolute Gasteiger partial charge is 0.545 e. The average molecular weight is 576 g/mol. The molecule has 2 atom stereocenters. The van der Waals surface area contributed by atoms with Crippen LogP contribution in [0, 0.1) is 0 Å². The number of carboxylic acids is 1. The van der Waals surface area contributed by atoms with Crippen LogP contribution in [0.15, 0.2) is 41.5 Å². The van der Waals surface area contributed by atoms with Crippen molar-refractivity contribution in [2.75, 3.05) is 18.1 Å². The number of β-lactam (4-membered cyclic amide) rings is 1. The fourth-order valence-corrected chi connectivity index (χ4v) is 5.31. The number of amides is 2. The summed E-state index contributed by atoms with van der Waals surface area (Å²) in [5.74, 6) is -2.56. The number of nitrogens with one attached hydrogen (secondary N) is 1. The van der Waals surface area contributed by atoms with Crippen LogP contribution in [0.5, 0.6) is 0 Å². The topological polar surface area (TPSA) is 193 Å². The molecular weight excluding hydrogens is 550 g/mol. The normalized spacial score (nSPS) is 18.9. The molecule has 2 aromatic heterocycles. The van der Waals surface area contributed by atoms with Crippen LogP contribution in [0.2, 0.25) is 0 Å². The first kappa shape index (κ1) is 28.0. The molecule has 4 rings (SSSR count). The van der Waals surface area contributed by atoms with Gasteiger partial charge in [0.05, 0.1) is 5.97 Å². The number of aromatic nitrogens is 3. The van der Waals surface area contributed by atoms with Crippen LogP contribution in [0.3, 0.4) is 0 Å². The molecular formula is C23H25N7O7S2. The number of carbonyl (C=O) groups excluding carboxylic acids is 4. The van der Waals surface area contributed by atoms with Crippen LogP contribution in [-0.2, 0) is 30.5 Å². The quantitative estimate of drug-likeness (QED) is 0.120. The summed E-state index contributed by atoms with van der Waals surface area (Å²) in [5.41, 5.74) is 5.58. The summed E-state index contributed by atoms with van der Waals surface area (Å²) in [5, 5.41) is 17.1. The third-order valence-electron chi connectivity index (χ3n) is 5.27. The molecule has 206 valence electrons. The standard InChI is InChI=1S/C23H25N7O7S2/c1-23(2,3)37-14(31)10-36-27-15(17-26-22(24)39-28-17)18(32)25-16-19(33)30-9-12(11-38-20(16)30)8-29-6-4-13(5-7-29)21(34)35/h4-7,9,16,20H,8,10-11H2,1-3H3,(H3-,24,25,26,28,32,34,35)/t16?,20-/m1/s1. The van der Waals surface area contributed by atoms with E-state index in [2.05, 4.69) is 19.8 Å². The number of hydrogen-bond donors (Lipinski definition) is 2. The maximum atomic E-state index is 13.1. The van der Waals surface area contributed by atoms with Gasteiger partial charge in [0.15, 0.2) is 24.1 Å². The Labute approximate surface area is 231 Å². The Morgan fingerprint density at radius 3 is 2.64 bits per heavy atom. The Balaban J connectivity index is 1.39. The maximum absolute atomic E-state index is 13.1. The third-order valence-corrected chi connectivity index (χ3v) is 7.19. The van der Waals surface area contributed by atoms with E-state index in [9.17, 15) is 24.3 Å². The predicted molar refractivity (Wildman–Crippen MR) is 137 cm³/mol. The number of fused-ring (bicyclic) bond motifs is 1. The van der Waals surface area contributed by atoms with Gasteiger partial charge in [0.2, 0.25) is 18.1 Å². The molecule has 1 unspecified atom stereocenters. The molecule has 2 aromatic rings. The fourth-order valence-electron chi connectivity index (χ4n) is 3.62. The van der Waals surface area contributed by atoms with Crippen LogP contribution in [0.4, 0.5) is 5.13 Å². The van der Waals surface area contributed by atoms with Crippen molar-refractivity contribution in [1.82, 2.24) is 19.6 Å². The van der Waals surface area contributed by atoms with Crippen molar-refractivity contribution < 1.29 is 38.4 Å². The van der Waals surface area contributed by atoms with Gasteiger partial charge < -0.3 is 35.4 Å². The van der Waals surface area contributed by atoms with Crippen LogP contribution >= 0.6 is 23.3 Å². The van der Waals surface area contributed by atoms with E-state index < -0.39 is 36.1 Å². The molecule has 0 radical (unpaired) electrons. The minimum absolute atomic E-state index is 0.0727. The van der Waals surface area contributed by atoms with Crippen LogP contribution in [0.25, 0.3) is 0 Å². The Morgan fingerprint density at radius 2 is 2.03 bits per heavy atom. The van der Waals surface area contributed by atoms with E-state index in [0.29, 0.717) is 12.3 Å². The van der Waals surface area contributed by atoms with E-state index >= 15 is 0 Å². The van der Waals surface area contributed by atoms with Crippen molar-refractivity contribution in [2.24, 2.45) is 5.16 Å². The van der Waals surface area contributed by atoms with Gasteiger partial charge in [-0.2, -0.15) is 9.36 Å². The van der Waals surface area contributed by atoms with Crippen molar-refractivity contribution in [3.8, 4) is 0 Å². The molecule has 2 amide bonds. The van der Waals surface area contributed by atoms with E-state index in [4.69, 9.17) is 15.3 Å². The molecule has 2 aliphatic rings. The SMILES string of the molecule is CC(C)(C)OC(=O)CON=C(C(=O)NC1C(=O)N2C=C(C[n+]3ccc(C(=O)[O-])cc3)CS[C@H]12)c1nsc(N)n1. The molecule has 0 aliphatic carbocycles. The van der Waals surface area contributed by atoms with Gasteiger partial charge in [0.25, 0.3) is 11.8 Å². The number of nitrogens with zero attached hydrogens (tertiary/aromatic N) is 5. The second-order valence-corrected chi connectivity index (χ2v) is 11.4. The molecule has 14 nitrogen and oxygen atoms in total. The Kier molecular flexibility index (Phi) is 8.15. The highest BCUT2D eigenvalue weighted by atomic mass is 32.2. The number of carbonyl (C=O) groups is 4. The van der Waals surface area contributed by atoms with E-state index in [-0.39, 0.29) is 33.5 Å². The Morgan fingerprint density at radius 1 is 1.31 bits per heavy atom. The Hall–Kier alpha value is -4.05. The second-order valence-electron chi connectivity index (χ2n) is 9.49. The van der Waals surface area contributed by atoms with Gasteiger partial charge >= 0.3 is 5.97 Å². The van der Waals surface area contributed by atoms with Crippen molar-refractivity contribution in [1.29, 1.82) is 0 Å². The first-order chi connectivity index (χ1) is 18.4. The van der Waals surface area contributed by atoms with Gasteiger partial charge in [-0.15, -0.1) is 11.8 Å². The molecule has 0 aromatic carbocycles. The summed E-state index contributed by atoms with van der Waals surface area (Å²) >= 11 is 2.31. The van der Waals surface area contributed by atoms with Crippen LogP contribution in [0.1, 0.15) is 37.0 Å². The molecule has 1 saturated heterocycles. The lowest BCUT2D eigenvalue weighted by Gasteiger charge is -2.47. The number of hydrogen-bond acceptors (Lipinski definition) is 13.